The third-order valence-electron chi connectivity index (χ3n) is 5.44. The molecule has 174 valence electrons. The molecule has 0 unspecified atom stereocenters. The number of para-hydroxylation sites is 1. The van der Waals surface area contributed by atoms with E-state index in [1.807, 2.05) is 32.0 Å². The molecule has 0 saturated heterocycles. The Morgan fingerprint density at radius 1 is 1.06 bits per heavy atom. The molecule has 2 heterocycles. The molecule has 1 aromatic heterocycles. The van der Waals surface area contributed by atoms with Gasteiger partial charge in [0, 0.05) is 30.9 Å². The van der Waals surface area contributed by atoms with Gasteiger partial charge in [0.25, 0.3) is 5.91 Å². The van der Waals surface area contributed by atoms with Crippen LogP contribution < -0.4 is 16.0 Å². The number of carbonyl (C=O) groups excluding carboxylic acids is 1. The molecule has 4 rings (SSSR count). The number of fused-ring (bicyclic) bond motifs is 1. The standard InChI is InChI=1S/C23H25BrN6O.C2H6/c1-25-22(31)18-6-4-5-7-20(18)28-21-19(24)13-26-23(29-21)27-17-9-8-15-10-11-30(2,3)14-16(15)12-17;1-2/h4-9,12-13H,10-11,14H2,1-3H3,(H2-,25,26,27,28,29,31);1-2H3/p+1. The second-order valence-electron chi connectivity index (χ2n) is 8.32. The number of anilines is 4. The minimum atomic E-state index is -0.165. The van der Waals surface area contributed by atoms with Gasteiger partial charge in [0.15, 0.2) is 0 Å². The predicted octanol–water partition coefficient (Wildman–Crippen LogP) is 5.24. The summed E-state index contributed by atoms with van der Waals surface area (Å²) in [6, 6.07) is 13.8. The second-order valence-corrected chi connectivity index (χ2v) is 9.17. The highest BCUT2D eigenvalue weighted by Crippen LogP contribution is 2.29. The van der Waals surface area contributed by atoms with E-state index in [4.69, 9.17) is 0 Å². The monoisotopic (exact) mass is 511 g/mol. The van der Waals surface area contributed by atoms with Gasteiger partial charge in [-0.05, 0) is 45.8 Å². The first kappa shape index (κ1) is 24.7. The number of halogens is 1. The zero-order valence-corrected chi connectivity index (χ0v) is 21.5. The summed E-state index contributed by atoms with van der Waals surface area (Å²) in [4.78, 5) is 21.2. The van der Waals surface area contributed by atoms with Gasteiger partial charge >= 0.3 is 0 Å². The van der Waals surface area contributed by atoms with Gasteiger partial charge < -0.3 is 20.4 Å². The number of carbonyl (C=O) groups is 1. The van der Waals surface area contributed by atoms with Crippen LogP contribution in [0.5, 0.6) is 0 Å². The molecule has 33 heavy (non-hydrogen) atoms. The van der Waals surface area contributed by atoms with Crippen molar-refractivity contribution in [3.63, 3.8) is 0 Å². The maximum atomic E-state index is 12.2. The molecule has 0 saturated carbocycles. The summed E-state index contributed by atoms with van der Waals surface area (Å²) in [5, 5.41) is 9.22. The lowest BCUT2D eigenvalue weighted by molar-refractivity contribution is -0.905. The molecule has 0 aliphatic carbocycles. The fourth-order valence-electron chi connectivity index (χ4n) is 3.75. The van der Waals surface area contributed by atoms with E-state index in [9.17, 15) is 4.79 Å². The zero-order valence-electron chi connectivity index (χ0n) is 19.9. The van der Waals surface area contributed by atoms with Crippen molar-refractivity contribution < 1.29 is 9.28 Å². The van der Waals surface area contributed by atoms with Gasteiger partial charge in [-0.3, -0.25) is 4.79 Å². The Morgan fingerprint density at radius 2 is 1.82 bits per heavy atom. The molecule has 2 aromatic carbocycles. The molecule has 0 bridgehead atoms. The number of nitrogens with zero attached hydrogens (tertiary/aromatic N) is 3. The zero-order chi connectivity index (χ0) is 24.0. The highest BCUT2D eigenvalue weighted by molar-refractivity contribution is 9.10. The van der Waals surface area contributed by atoms with Crippen LogP contribution in [-0.2, 0) is 13.0 Å². The summed E-state index contributed by atoms with van der Waals surface area (Å²) in [5.74, 6) is 0.888. The van der Waals surface area contributed by atoms with Crippen LogP contribution in [0.4, 0.5) is 23.1 Å². The van der Waals surface area contributed by atoms with Crippen LogP contribution in [0.2, 0.25) is 0 Å². The third-order valence-corrected chi connectivity index (χ3v) is 6.02. The van der Waals surface area contributed by atoms with Crippen LogP contribution in [0.25, 0.3) is 0 Å². The summed E-state index contributed by atoms with van der Waals surface area (Å²) in [7, 11) is 6.13. The Kier molecular flexibility index (Phi) is 8.05. The Balaban J connectivity index is 0.00000149. The number of nitrogens with one attached hydrogen (secondary N) is 3. The van der Waals surface area contributed by atoms with E-state index in [-0.39, 0.29) is 5.91 Å². The van der Waals surface area contributed by atoms with Crippen molar-refractivity contribution >= 4 is 45.0 Å². The van der Waals surface area contributed by atoms with E-state index >= 15 is 0 Å². The maximum absolute atomic E-state index is 12.2. The van der Waals surface area contributed by atoms with Crippen LogP contribution in [0, 0.1) is 0 Å². The molecular weight excluding hydrogens is 480 g/mol. The van der Waals surface area contributed by atoms with Crippen LogP contribution in [0.1, 0.15) is 35.3 Å². The van der Waals surface area contributed by atoms with E-state index in [1.165, 1.54) is 11.1 Å². The number of hydrogen-bond donors (Lipinski definition) is 3. The van der Waals surface area contributed by atoms with Crippen molar-refractivity contribution in [2.45, 2.75) is 26.8 Å². The number of likely N-dealkylation sites (N-methyl/N-ethyl adjacent to an activating group) is 1. The van der Waals surface area contributed by atoms with E-state index < -0.39 is 0 Å². The summed E-state index contributed by atoms with van der Waals surface area (Å²) in [6.07, 6.45) is 2.79. The Labute approximate surface area is 204 Å². The van der Waals surface area contributed by atoms with Gasteiger partial charge in [0.1, 0.15) is 12.4 Å². The van der Waals surface area contributed by atoms with Gasteiger partial charge in [-0.25, -0.2) is 4.98 Å². The number of hydrogen-bond acceptors (Lipinski definition) is 5. The summed E-state index contributed by atoms with van der Waals surface area (Å²) in [6.45, 7) is 6.16. The molecule has 1 aliphatic heterocycles. The lowest BCUT2D eigenvalue weighted by Gasteiger charge is -2.35. The molecule has 0 radical (unpaired) electrons. The molecular formula is C25H32BrN6O+. The van der Waals surface area contributed by atoms with E-state index in [0.717, 1.165) is 29.7 Å². The number of benzene rings is 2. The lowest BCUT2D eigenvalue weighted by Crippen LogP contribution is -2.43. The summed E-state index contributed by atoms with van der Waals surface area (Å²) < 4.78 is 1.69. The third kappa shape index (κ3) is 6.09. The van der Waals surface area contributed by atoms with Crippen molar-refractivity contribution in [1.82, 2.24) is 15.3 Å². The first-order valence-corrected chi connectivity index (χ1v) is 12.0. The molecule has 0 atom stereocenters. The first-order valence-electron chi connectivity index (χ1n) is 11.2. The minimum Gasteiger partial charge on any atom is -0.355 e. The largest absolute Gasteiger partial charge is 0.355 e. The molecule has 0 fully saturated rings. The number of quaternary nitrogens is 1. The van der Waals surface area contributed by atoms with Crippen LogP contribution in [0.15, 0.2) is 53.1 Å². The topological polar surface area (TPSA) is 78.9 Å². The van der Waals surface area contributed by atoms with Crippen LogP contribution in [0.3, 0.4) is 0 Å². The fourth-order valence-corrected chi connectivity index (χ4v) is 4.04. The smallest absolute Gasteiger partial charge is 0.253 e. The van der Waals surface area contributed by atoms with Crippen molar-refractivity contribution in [2.75, 3.05) is 38.3 Å². The van der Waals surface area contributed by atoms with E-state index in [0.29, 0.717) is 27.5 Å². The van der Waals surface area contributed by atoms with Crippen molar-refractivity contribution in [2.24, 2.45) is 0 Å². The predicted molar refractivity (Wildman–Crippen MR) is 138 cm³/mol. The number of amides is 1. The van der Waals surface area contributed by atoms with E-state index in [1.54, 1.807) is 19.3 Å². The number of aromatic nitrogens is 2. The Hall–Kier alpha value is -2.97. The van der Waals surface area contributed by atoms with E-state index in [2.05, 4.69) is 74.1 Å². The Morgan fingerprint density at radius 3 is 2.58 bits per heavy atom. The van der Waals surface area contributed by atoms with Gasteiger partial charge in [-0.15, -0.1) is 0 Å². The SMILES string of the molecule is CC.CNC(=O)c1ccccc1Nc1nc(Nc2ccc3c(c2)C[N+](C)(C)CC3)ncc1Br. The quantitative estimate of drug-likeness (QED) is 0.408. The maximum Gasteiger partial charge on any atom is 0.253 e. The Bertz CT molecular complexity index is 1130. The van der Waals surface area contributed by atoms with Gasteiger partial charge in [0.05, 0.1) is 36.4 Å². The average Bonchev–Trinajstić information content (AvgIpc) is 2.81. The van der Waals surface area contributed by atoms with Crippen molar-refractivity contribution in [1.29, 1.82) is 0 Å². The molecule has 1 aliphatic rings. The van der Waals surface area contributed by atoms with Crippen LogP contribution >= 0.6 is 15.9 Å². The van der Waals surface area contributed by atoms with Gasteiger partial charge in [-0.2, -0.15) is 4.98 Å². The average molecular weight is 512 g/mol. The normalized spacial score (nSPS) is 13.8. The van der Waals surface area contributed by atoms with Gasteiger partial charge in [0.2, 0.25) is 5.95 Å². The first-order chi connectivity index (χ1) is 15.8. The van der Waals surface area contributed by atoms with Crippen LogP contribution in [-0.4, -0.2) is 48.0 Å². The minimum absolute atomic E-state index is 0.165. The highest BCUT2D eigenvalue weighted by atomic mass is 79.9. The molecule has 7 nitrogen and oxygen atoms in total. The molecule has 1 amide bonds. The molecule has 8 heteroatoms. The molecule has 3 aromatic rings. The van der Waals surface area contributed by atoms with Crippen molar-refractivity contribution in [3.05, 3.63) is 69.8 Å². The highest BCUT2D eigenvalue weighted by Gasteiger charge is 2.24. The number of rotatable bonds is 5. The molecule has 0 spiro atoms. The van der Waals surface area contributed by atoms with Gasteiger partial charge in [-0.1, -0.05) is 32.0 Å². The second kappa shape index (κ2) is 10.8. The fraction of sp³-hybridized carbons (Fsp3) is 0.320. The summed E-state index contributed by atoms with van der Waals surface area (Å²) in [5.41, 5.74) is 4.94. The lowest BCUT2D eigenvalue weighted by atomic mass is 9.98. The summed E-state index contributed by atoms with van der Waals surface area (Å²) >= 11 is 3.50. The molecule has 3 N–H and O–H groups in total. The van der Waals surface area contributed by atoms with Crippen molar-refractivity contribution in [3.8, 4) is 0 Å².